The fraction of sp³-hybridized carbons (Fsp3) is 0.667. The zero-order valence-corrected chi connectivity index (χ0v) is 10.1. The molecular formula is C12H21N3. The molecule has 0 spiro atoms. The summed E-state index contributed by atoms with van der Waals surface area (Å²) in [6.45, 7) is 9.86. The third-order valence-electron chi connectivity index (χ3n) is 2.53. The van der Waals surface area contributed by atoms with E-state index < -0.39 is 0 Å². The van der Waals surface area contributed by atoms with Crippen LogP contribution in [0, 0.1) is 5.41 Å². The van der Waals surface area contributed by atoms with Crippen molar-refractivity contribution in [1.82, 2.24) is 15.3 Å². The van der Waals surface area contributed by atoms with Gasteiger partial charge in [-0.05, 0) is 12.0 Å². The number of rotatable bonds is 4. The molecule has 84 valence electrons. The number of aromatic nitrogens is 2. The van der Waals surface area contributed by atoms with Gasteiger partial charge in [0.05, 0.1) is 5.69 Å². The van der Waals surface area contributed by atoms with Gasteiger partial charge in [-0.3, -0.25) is 9.97 Å². The summed E-state index contributed by atoms with van der Waals surface area (Å²) >= 11 is 0. The Hall–Kier alpha value is -0.960. The summed E-state index contributed by atoms with van der Waals surface area (Å²) in [5.41, 5.74) is 1.30. The van der Waals surface area contributed by atoms with Gasteiger partial charge in [0.15, 0.2) is 0 Å². The lowest BCUT2D eigenvalue weighted by Crippen LogP contribution is -2.42. The lowest BCUT2D eigenvalue weighted by atomic mass is 9.84. The van der Waals surface area contributed by atoms with Crippen molar-refractivity contribution >= 4 is 0 Å². The normalized spacial score (nSPS) is 13.9. The van der Waals surface area contributed by atoms with E-state index in [-0.39, 0.29) is 5.41 Å². The topological polar surface area (TPSA) is 37.8 Å². The van der Waals surface area contributed by atoms with Crippen LogP contribution in [-0.2, 0) is 6.42 Å². The Labute approximate surface area is 92.3 Å². The van der Waals surface area contributed by atoms with Crippen LogP contribution < -0.4 is 5.32 Å². The van der Waals surface area contributed by atoms with Crippen molar-refractivity contribution in [2.24, 2.45) is 5.41 Å². The second kappa shape index (κ2) is 5.21. The van der Waals surface area contributed by atoms with Gasteiger partial charge in [-0.1, -0.05) is 27.7 Å². The molecule has 3 nitrogen and oxygen atoms in total. The highest BCUT2D eigenvalue weighted by Gasteiger charge is 2.24. The maximum absolute atomic E-state index is 4.31. The fourth-order valence-electron chi connectivity index (χ4n) is 1.58. The molecule has 1 atom stereocenters. The van der Waals surface area contributed by atoms with Gasteiger partial charge in [-0.15, -0.1) is 0 Å². The predicted molar refractivity (Wildman–Crippen MR) is 62.7 cm³/mol. The van der Waals surface area contributed by atoms with E-state index in [1.165, 1.54) is 0 Å². The molecule has 0 amide bonds. The SMILES string of the molecule is CCNC(Cc1cnccn1)C(C)(C)C. The summed E-state index contributed by atoms with van der Waals surface area (Å²) in [5, 5.41) is 3.50. The van der Waals surface area contributed by atoms with Crippen molar-refractivity contribution in [3.63, 3.8) is 0 Å². The van der Waals surface area contributed by atoms with Crippen molar-refractivity contribution in [2.75, 3.05) is 6.54 Å². The van der Waals surface area contributed by atoms with Gasteiger partial charge in [0, 0.05) is 31.1 Å². The molecular weight excluding hydrogens is 186 g/mol. The van der Waals surface area contributed by atoms with E-state index >= 15 is 0 Å². The summed E-state index contributed by atoms with van der Waals surface area (Å²) in [5.74, 6) is 0. The van der Waals surface area contributed by atoms with Crippen LogP contribution in [0.1, 0.15) is 33.4 Å². The van der Waals surface area contributed by atoms with Crippen LogP contribution in [0.25, 0.3) is 0 Å². The summed E-state index contributed by atoms with van der Waals surface area (Å²) < 4.78 is 0. The average Bonchev–Trinajstić information content (AvgIpc) is 2.17. The molecule has 1 aromatic rings. The van der Waals surface area contributed by atoms with Crippen LogP contribution in [0.5, 0.6) is 0 Å². The smallest absolute Gasteiger partial charge is 0.0602 e. The summed E-state index contributed by atoms with van der Waals surface area (Å²) in [4.78, 5) is 8.40. The predicted octanol–water partition coefficient (Wildman–Crippen LogP) is 2.04. The second-order valence-corrected chi connectivity index (χ2v) is 4.88. The molecule has 3 heteroatoms. The van der Waals surface area contributed by atoms with Crippen molar-refractivity contribution in [3.05, 3.63) is 24.3 Å². The van der Waals surface area contributed by atoms with Crippen LogP contribution in [0.15, 0.2) is 18.6 Å². The van der Waals surface area contributed by atoms with E-state index in [1.807, 2.05) is 6.20 Å². The van der Waals surface area contributed by atoms with Crippen molar-refractivity contribution in [1.29, 1.82) is 0 Å². The van der Waals surface area contributed by atoms with Crippen LogP contribution in [0.2, 0.25) is 0 Å². The van der Waals surface area contributed by atoms with Crippen LogP contribution in [-0.4, -0.2) is 22.6 Å². The number of likely N-dealkylation sites (N-methyl/N-ethyl adjacent to an activating group) is 1. The van der Waals surface area contributed by atoms with Gasteiger partial charge in [0.1, 0.15) is 0 Å². The van der Waals surface area contributed by atoms with E-state index in [1.54, 1.807) is 12.4 Å². The maximum atomic E-state index is 4.31. The molecule has 0 aliphatic heterocycles. The lowest BCUT2D eigenvalue weighted by molar-refractivity contribution is 0.268. The van der Waals surface area contributed by atoms with Crippen molar-refractivity contribution in [2.45, 2.75) is 40.2 Å². The minimum absolute atomic E-state index is 0.244. The molecule has 0 radical (unpaired) electrons. The highest BCUT2D eigenvalue weighted by Crippen LogP contribution is 2.21. The van der Waals surface area contributed by atoms with Gasteiger partial charge in [-0.2, -0.15) is 0 Å². The van der Waals surface area contributed by atoms with Crippen molar-refractivity contribution < 1.29 is 0 Å². The molecule has 0 bridgehead atoms. The van der Waals surface area contributed by atoms with Gasteiger partial charge in [-0.25, -0.2) is 0 Å². The lowest BCUT2D eigenvalue weighted by Gasteiger charge is -2.31. The maximum Gasteiger partial charge on any atom is 0.0602 e. The zero-order chi connectivity index (χ0) is 11.3. The molecule has 1 rings (SSSR count). The third-order valence-corrected chi connectivity index (χ3v) is 2.53. The quantitative estimate of drug-likeness (QED) is 0.821. The van der Waals surface area contributed by atoms with E-state index in [0.717, 1.165) is 18.7 Å². The second-order valence-electron chi connectivity index (χ2n) is 4.88. The van der Waals surface area contributed by atoms with Gasteiger partial charge in [0.2, 0.25) is 0 Å². The molecule has 1 heterocycles. The first kappa shape index (κ1) is 12.1. The Balaban J connectivity index is 2.67. The first-order chi connectivity index (χ1) is 7.04. The molecule has 15 heavy (non-hydrogen) atoms. The minimum Gasteiger partial charge on any atom is -0.313 e. The summed E-state index contributed by atoms with van der Waals surface area (Å²) in [6, 6.07) is 0.444. The van der Waals surface area contributed by atoms with Gasteiger partial charge >= 0.3 is 0 Å². The first-order valence-corrected chi connectivity index (χ1v) is 5.52. The van der Waals surface area contributed by atoms with Gasteiger partial charge < -0.3 is 5.32 Å². The standard InChI is InChI=1S/C12H21N3/c1-5-14-11(12(2,3)4)8-10-9-13-6-7-15-10/h6-7,9,11,14H,5,8H2,1-4H3. The summed E-state index contributed by atoms with van der Waals surface area (Å²) in [7, 11) is 0. The molecule has 0 aromatic carbocycles. The van der Waals surface area contributed by atoms with Crippen LogP contribution in [0.4, 0.5) is 0 Å². The molecule has 1 aromatic heterocycles. The van der Waals surface area contributed by atoms with E-state index in [0.29, 0.717) is 6.04 Å². The summed E-state index contributed by atoms with van der Waals surface area (Å²) in [6.07, 6.45) is 6.24. The Morgan fingerprint density at radius 3 is 2.53 bits per heavy atom. The van der Waals surface area contributed by atoms with Gasteiger partial charge in [0.25, 0.3) is 0 Å². The van der Waals surface area contributed by atoms with E-state index in [4.69, 9.17) is 0 Å². The molecule has 0 aliphatic rings. The Morgan fingerprint density at radius 1 is 1.33 bits per heavy atom. The number of nitrogens with zero attached hydrogens (tertiary/aromatic N) is 2. The zero-order valence-electron chi connectivity index (χ0n) is 10.1. The Bertz CT molecular complexity index is 277. The molecule has 0 fully saturated rings. The molecule has 0 saturated heterocycles. The first-order valence-electron chi connectivity index (χ1n) is 5.52. The highest BCUT2D eigenvalue weighted by atomic mass is 14.9. The van der Waals surface area contributed by atoms with E-state index in [9.17, 15) is 0 Å². The number of nitrogens with one attached hydrogen (secondary N) is 1. The highest BCUT2D eigenvalue weighted by molar-refractivity contribution is 5.00. The minimum atomic E-state index is 0.244. The largest absolute Gasteiger partial charge is 0.313 e. The molecule has 0 aliphatic carbocycles. The van der Waals surface area contributed by atoms with Crippen LogP contribution >= 0.6 is 0 Å². The van der Waals surface area contributed by atoms with Crippen molar-refractivity contribution in [3.8, 4) is 0 Å². The fourth-order valence-corrected chi connectivity index (χ4v) is 1.58. The molecule has 1 unspecified atom stereocenters. The molecule has 0 saturated carbocycles. The third kappa shape index (κ3) is 3.96. The van der Waals surface area contributed by atoms with Crippen LogP contribution in [0.3, 0.4) is 0 Å². The van der Waals surface area contributed by atoms with E-state index in [2.05, 4.69) is 43.0 Å². The Kier molecular flexibility index (Phi) is 4.21. The number of hydrogen-bond acceptors (Lipinski definition) is 3. The average molecular weight is 207 g/mol. The number of hydrogen-bond donors (Lipinski definition) is 1. The molecule has 1 N–H and O–H groups in total. The Morgan fingerprint density at radius 2 is 2.07 bits per heavy atom. The monoisotopic (exact) mass is 207 g/mol.